The predicted octanol–water partition coefficient (Wildman–Crippen LogP) is 4.83. The highest BCUT2D eigenvalue weighted by Gasteiger charge is 2.12. The number of hydrogen-bond donors (Lipinski definition) is 1. The minimum absolute atomic E-state index is 0.0264. The van der Waals surface area contributed by atoms with Crippen LogP contribution in [0.3, 0.4) is 0 Å². The molecule has 0 aliphatic heterocycles. The summed E-state index contributed by atoms with van der Waals surface area (Å²) in [6.07, 6.45) is 0.839. The van der Waals surface area contributed by atoms with Crippen molar-refractivity contribution in [1.82, 2.24) is 14.8 Å². The quantitative estimate of drug-likeness (QED) is 0.418. The first-order valence-corrected chi connectivity index (χ1v) is 10.7. The van der Waals surface area contributed by atoms with Gasteiger partial charge in [0.1, 0.15) is 5.82 Å². The van der Waals surface area contributed by atoms with Crippen molar-refractivity contribution in [3.8, 4) is 16.8 Å². The van der Waals surface area contributed by atoms with Crippen LogP contribution in [0.25, 0.3) is 16.8 Å². The summed E-state index contributed by atoms with van der Waals surface area (Å²) in [6.45, 7) is 1.79. The lowest BCUT2D eigenvalue weighted by molar-refractivity contribution is 0.0990. The molecule has 0 saturated heterocycles. The zero-order chi connectivity index (χ0) is 21.1. The van der Waals surface area contributed by atoms with Crippen molar-refractivity contribution in [2.75, 3.05) is 0 Å². The van der Waals surface area contributed by atoms with E-state index >= 15 is 0 Å². The second kappa shape index (κ2) is 8.63. The number of hydrogen-bond acceptors (Lipinski definition) is 3. The van der Waals surface area contributed by atoms with Crippen molar-refractivity contribution in [3.63, 3.8) is 0 Å². The second-order valence-electron chi connectivity index (χ2n) is 7.13. The first-order valence-electron chi connectivity index (χ1n) is 9.60. The monoisotopic (exact) mass is 460 g/mol. The second-order valence-corrected chi connectivity index (χ2v) is 7.69. The van der Waals surface area contributed by atoms with Gasteiger partial charge in [-0.2, -0.15) is 0 Å². The molecule has 3 aromatic carbocycles. The molecule has 4 aromatic rings. The third-order valence-corrected chi connectivity index (χ3v) is 5.62. The maximum atomic E-state index is 11.3. The van der Waals surface area contributed by atoms with Crippen LogP contribution in [0.15, 0.2) is 72.8 Å². The lowest BCUT2D eigenvalue weighted by Gasteiger charge is -2.07. The van der Waals surface area contributed by atoms with E-state index in [1.807, 2.05) is 12.1 Å². The van der Waals surface area contributed by atoms with Crippen molar-refractivity contribution in [1.29, 1.82) is 0 Å². The van der Waals surface area contributed by atoms with Gasteiger partial charge in [-0.05, 0) is 53.3 Å². The van der Waals surface area contributed by atoms with Gasteiger partial charge in [0.05, 0.1) is 5.69 Å². The fourth-order valence-electron chi connectivity index (χ4n) is 3.33. The Morgan fingerprint density at radius 1 is 0.867 bits per heavy atom. The van der Waals surface area contributed by atoms with E-state index in [9.17, 15) is 4.79 Å². The summed E-state index contributed by atoms with van der Waals surface area (Å²) in [6, 6.07) is 25.3. The molecule has 2 N–H and O–H groups in total. The maximum absolute atomic E-state index is 11.3. The van der Waals surface area contributed by atoms with Gasteiger partial charge >= 0.3 is 0 Å². The number of aryl methyl sites for hydroxylation is 1. The summed E-state index contributed by atoms with van der Waals surface area (Å²) in [5, 5.41) is 5.04. The Labute approximate surface area is 183 Å². The Morgan fingerprint density at radius 3 is 1.83 bits per heavy atom. The van der Waals surface area contributed by atoms with Crippen LogP contribution in [0.1, 0.15) is 33.1 Å². The van der Waals surface area contributed by atoms with Crippen molar-refractivity contribution in [3.05, 3.63) is 101 Å². The van der Waals surface area contributed by atoms with Crippen molar-refractivity contribution in [2.24, 2.45) is 5.73 Å². The number of carbonyl (C=O) groups is 1. The number of amides is 1. The molecule has 1 heterocycles. The number of alkyl halides is 1. The van der Waals surface area contributed by atoms with Crippen LogP contribution in [0.5, 0.6) is 0 Å². The minimum Gasteiger partial charge on any atom is -0.363 e. The molecular weight excluding hydrogens is 440 g/mol. The van der Waals surface area contributed by atoms with Crippen LogP contribution in [-0.4, -0.2) is 20.7 Å². The van der Waals surface area contributed by atoms with Crippen LogP contribution in [0.2, 0.25) is 0 Å². The molecule has 5 nitrogen and oxygen atoms in total. The number of carbonyl (C=O) groups excluding carboxylic acids is 1. The Bertz CT molecular complexity index is 1160. The van der Waals surface area contributed by atoms with Crippen LogP contribution >= 0.6 is 15.9 Å². The Hall–Kier alpha value is -3.25. The standard InChI is InChI=1S/C24H21BrN4O/c1-16-27-24(23(26)30)28-29(16)22-12-6-18(7-13-22)14-17-2-8-20(9-3-17)21-10-4-19(15-25)5-11-21/h2-13H,14-15H2,1H3,(H2,26,30). The Morgan fingerprint density at radius 2 is 1.37 bits per heavy atom. The van der Waals surface area contributed by atoms with E-state index in [2.05, 4.69) is 86.7 Å². The molecule has 0 aliphatic rings. The summed E-state index contributed by atoms with van der Waals surface area (Å²) < 4.78 is 1.62. The average Bonchev–Trinajstić information content (AvgIpc) is 3.17. The molecular formula is C24H21BrN4O. The highest BCUT2D eigenvalue weighted by molar-refractivity contribution is 9.08. The highest BCUT2D eigenvalue weighted by atomic mass is 79.9. The molecule has 0 saturated carbocycles. The molecule has 0 radical (unpaired) electrons. The van der Waals surface area contributed by atoms with Gasteiger partial charge in [0.25, 0.3) is 5.91 Å². The van der Waals surface area contributed by atoms with E-state index in [0.717, 1.165) is 17.4 Å². The van der Waals surface area contributed by atoms with Crippen LogP contribution in [-0.2, 0) is 11.8 Å². The third kappa shape index (κ3) is 4.33. The fourth-order valence-corrected chi connectivity index (χ4v) is 3.70. The Kier molecular flexibility index (Phi) is 5.77. The molecule has 30 heavy (non-hydrogen) atoms. The van der Waals surface area contributed by atoms with E-state index in [0.29, 0.717) is 5.82 Å². The van der Waals surface area contributed by atoms with E-state index in [1.54, 1.807) is 11.6 Å². The fraction of sp³-hybridized carbons (Fsp3) is 0.125. The van der Waals surface area contributed by atoms with Crippen LogP contribution in [0, 0.1) is 6.92 Å². The van der Waals surface area contributed by atoms with Gasteiger partial charge in [0, 0.05) is 5.33 Å². The number of nitrogens with two attached hydrogens (primary N) is 1. The molecule has 0 spiro atoms. The van der Waals surface area contributed by atoms with E-state index < -0.39 is 5.91 Å². The van der Waals surface area contributed by atoms with E-state index in [4.69, 9.17) is 5.73 Å². The summed E-state index contributed by atoms with van der Waals surface area (Å²) >= 11 is 3.48. The average molecular weight is 461 g/mol. The number of halogens is 1. The molecule has 1 amide bonds. The number of primary amides is 1. The molecule has 0 unspecified atom stereocenters. The molecule has 6 heteroatoms. The molecule has 1 aromatic heterocycles. The van der Waals surface area contributed by atoms with Crippen molar-refractivity contribution >= 4 is 21.8 Å². The predicted molar refractivity (Wildman–Crippen MR) is 122 cm³/mol. The molecule has 0 atom stereocenters. The van der Waals surface area contributed by atoms with Gasteiger partial charge in [-0.25, -0.2) is 9.67 Å². The molecule has 0 aliphatic carbocycles. The first-order chi connectivity index (χ1) is 14.5. The normalized spacial score (nSPS) is 10.9. The van der Waals surface area contributed by atoms with Gasteiger partial charge in [-0.1, -0.05) is 76.6 Å². The number of nitrogens with zero attached hydrogens (tertiary/aromatic N) is 3. The lowest BCUT2D eigenvalue weighted by atomic mass is 10.00. The lowest BCUT2D eigenvalue weighted by Crippen LogP contribution is -2.13. The van der Waals surface area contributed by atoms with Gasteiger partial charge in [-0.3, -0.25) is 4.79 Å². The van der Waals surface area contributed by atoms with Gasteiger partial charge in [0.15, 0.2) is 0 Å². The van der Waals surface area contributed by atoms with Crippen molar-refractivity contribution in [2.45, 2.75) is 18.7 Å². The molecule has 4 rings (SSSR count). The zero-order valence-corrected chi connectivity index (χ0v) is 18.1. The third-order valence-electron chi connectivity index (χ3n) is 4.97. The SMILES string of the molecule is Cc1nc(C(N)=O)nn1-c1ccc(Cc2ccc(-c3ccc(CBr)cc3)cc2)cc1. The smallest absolute Gasteiger partial charge is 0.288 e. The van der Waals surface area contributed by atoms with Gasteiger partial charge in [-0.15, -0.1) is 5.10 Å². The molecule has 0 fully saturated rings. The molecule has 150 valence electrons. The van der Waals surface area contributed by atoms with Crippen LogP contribution < -0.4 is 5.73 Å². The maximum Gasteiger partial charge on any atom is 0.288 e. The van der Waals surface area contributed by atoms with E-state index in [-0.39, 0.29) is 5.82 Å². The highest BCUT2D eigenvalue weighted by Crippen LogP contribution is 2.22. The Balaban J connectivity index is 1.47. The molecule has 0 bridgehead atoms. The topological polar surface area (TPSA) is 73.8 Å². The zero-order valence-electron chi connectivity index (χ0n) is 16.5. The van der Waals surface area contributed by atoms with Crippen molar-refractivity contribution < 1.29 is 4.79 Å². The largest absolute Gasteiger partial charge is 0.363 e. The summed E-state index contributed by atoms with van der Waals surface area (Å²) in [5.74, 6) is 0.0192. The first kappa shape index (κ1) is 20.0. The number of benzene rings is 3. The summed E-state index contributed by atoms with van der Waals surface area (Å²) in [4.78, 5) is 15.4. The number of rotatable bonds is 6. The van der Waals surface area contributed by atoms with Gasteiger partial charge < -0.3 is 5.73 Å². The minimum atomic E-state index is -0.629. The van der Waals surface area contributed by atoms with E-state index in [1.165, 1.54) is 27.8 Å². The summed E-state index contributed by atoms with van der Waals surface area (Å²) in [7, 11) is 0. The van der Waals surface area contributed by atoms with Gasteiger partial charge in [0.2, 0.25) is 5.82 Å². The number of aromatic nitrogens is 3. The van der Waals surface area contributed by atoms with Crippen LogP contribution in [0.4, 0.5) is 0 Å². The summed E-state index contributed by atoms with van der Waals surface area (Å²) in [5.41, 5.74) is 12.3.